The van der Waals surface area contributed by atoms with Crippen LogP contribution in [0.2, 0.25) is 0 Å². The van der Waals surface area contributed by atoms with Gasteiger partial charge < -0.3 is 10.4 Å². The summed E-state index contributed by atoms with van der Waals surface area (Å²) in [7, 11) is 0. The predicted octanol–water partition coefficient (Wildman–Crippen LogP) is 3.77. The van der Waals surface area contributed by atoms with Gasteiger partial charge in [0.25, 0.3) is 0 Å². The Kier molecular flexibility index (Phi) is 7.15. The second-order valence-electron chi connectivity index (χ2n) is 4.53. The Hall–Kier alpha value is -1.49. The standard InChI is InChI=1S/C15H21NO3S/c1-3-7-13(15(18)19)20-12-10-6-5-9-11(12)16-14(17)8-4-2/h5-6,9-10,13H,3-4,7-8H2,1-2H3,(H,16,17)(H,18,19)/t13-/m0/s1. The number of benzene rings is 1. The highest BCUT2D eigenvalue weighted by atomic mass is 32.2. The summed E-state index contributed by atoms with van der Waals surface area (Å²) in [6.45, 7) is 3.91. The van der Waals surface area contributed by atoms with Crippen molar-refractivity contribution in [3.05, 3.63) is 24.3 Å². The van der Waals surface area contributed by atoms with Gasteiger partial charge in [0.05, 0.1) is 5.69 Å². The number of carbonyl (C=O) groups is 2. The Morgan fingerprint density at radius 2 is 1.95 bits per heavy atom. The molecule has 2 N–H and O–H groups in total. The third-order valence-corrected chi connectivity index (χ3v) is 4.07. The number of anilines is 1. The lowest BCUT2D eigenvalue weighted by Gasteiger charge is -2.14. The van der Waals surface area contributed by atoms with Crippen molar-refractivity contribution in [1.29, 1.82) is 0 Å². The first kappa shape index (κ1) is 16.6. The zero-order valence-corrected chi connectivity index (χ0v) is 12.7. The van der Waals surface area contributed by atoms with E-state index < -0.39 is 11.2 Å². The average molecular weight is 295 g/mol. The van der Waals surface area contributed by atoms with Crippen LogP contribution in [0.5, 0.6) is 0 Å². The SMILES string of the molecule is CCCC(=O)Nc1ccccc1S[C@@H](CCC)C(=O)O. The van der Waals surface area contributed by atoms with Gasteiger partial charge in [-0.05, 0) is 25.0 Å². The van der Waals surface area contributed by atoms with Crippen LogP contribution in [0.1, 0.15) is 39.5 Å². The van der Waals surface area contributed by atoms with Crippen LogP contribution in [0.3, 0.4) is 0 Å². The molecule has 0 aliphatic heterocycles. The van der Waals surface area contributed by atoms with Crippen molar-refractivity contribution in [2.45, 2.75) is 49.7 Å². The molecule has 0 bridgehead atoms. The molecule has 1 amide bonds. The lowest BCUT2D eigenvalue weighted by atomic mass is 10.2. The van der Waals surface area contributed by atoms with Crippen molar-refractivity contribution >= 4 is 29.3 Å². The van der Waals surface area contributed by atoms with Gasteiger partial charge in [-0.15, -0.1) is 11.8 Å². The summed E-state index contributed by atoms with van der Waals surface area (Å²) < 4.78 is 0. The minimum Gasteiger partial charge on any atom is -0.480 e. The number of hydrogen-bond donors (Lipinski definition) is 2. The van der Waals surface area contributed by atoms with Crippen molar-refractivity contribution in [2.75, 3.05) is 5.32 Å². The number of aliphatic carboxylic acids is 1. The van der Waals surface area contributed by atoms with Crippen molar-refractivity contribution in [3.63, 3.8) is 0 Å². The molecule has 110 valence electrons. The summed E-state index contributed by atoms with van der Waals surface area (Å²) in [6, 6.07) is 7.34. The van der Waals surface area contributed by atoms with Gasteiger partial charge in [-0.1, -0.05) is 32.4 Å². The molecule has 1 aromatic carbocycles. The van der Waals surface area contributed by atoms with E-state index >= 15 is 0 Å². The molecule has 0 radical (unpaired) electrons. The van der Waals surface area contributed by atoms with Gasteiger partial charge in [0.1, 0.15) is 5.25 Å². The fourth-order valence-corrected chi connectivity index (χ4v) is 2.92. The van der Waals surface area contributed by atoms with Crippen molar-refractivity contribution in [2.24, 2.45) is 0 Å². The molecule has 0 aromatic heterocycles. The van der Waals surface area contributed by atoms with Crippen molar-refractivity contribution in [3.8, 4) is 0 Å². The number of rotatable bonds is 8. The first-order valence-corrected chi connectivity index (χ1v) is 7.74. The predicted molar refractivity (Wildman–Crippen MR) is 82.2 cm³/mol. The minimum atomic E-state index is -0.813. The van der Waals surface area contributed by atoms with Crippen LogP contribution < -0.4 is 5.32 Å². The molecule has 0 saturated heterocycles. The monoisotopic (exact) mass is 295 g/mol. The molecule has 1 rings (SSSR count). The second-order valence-corrected chi connectivity index (χ2v) is 5.77. The maximum atomic E-state index is 11.7. The molecular formula is C15H21NO3S. The van der Waals surface area contributed by atoms with Gasteiger partial charge in [0.2, 0.25) is 5.91 Å². The molecule has 0 heterocycles. The zero-order valence-electron chi connectivity index (χ0n) is 11.9. The number of para-hydroxylation sites is 1. The van der Waals surface area contributed by atoms with Crippen LogP contribution >= 0.6 is 11.8 Å². The number of carboxylic acid groups (broad SMARTS) is 1. The van der Waals surface area contributed by atoms with Gasteiger partial charge in [-0.2, -0.15) is 0 Å². The zero-order chi connectivity index (χ0) is 15.0. The summed E-state index contributed by atoms with van der Waals surface area (Å²) >= 11 is 1.29. The number of nitrogens with one attached hydrogen (secondary N) is 1. The lowest BCUT2D eigenvalue weighted by molar-refractivity contribution is -0.136. The van der Waals surface area contributed by atoms with E-state index in [1.807, 2.05) is 32.0 Å². The van der Waals surface area contributed by atoms with Crippen LogP contribution in [0.4, 0.5) is 5.69 Å². The Bertz CT molecular complexity index is 462. The second kappa shape index (κ2) is 8.64. The smallest absolute Gasteiger partial charge is 0.316 e. The topological polar surface area (TPSA) is 66.4 Å². The minimum absolute atomic E-state index is 0.0390. The molecular weight excluding hydrogens is 274 g/mol. The molecule has 0 saturated carbocycles. The van der Waals surface area contributed by atoms with Crippen LogP contribution in [0, 0.1) is 0 Å². The summed E-state index contributed by atoms with van der Waals surface area (Å²) in [6.07, 6.45) is 2.68. The van der Waals surface area contributed by atoms with E-state index in [4.69, 9.17) is 0 Å². The third kappa shape index (κ3) is 5.25. The molecule has 4 nitrogen and oxygen atoms in total. The molecule has 0 aliphatic carbocycles. The average Bonchev–Trinajstić information content (AvgIpc) is 2.40. The van der Waals surface area contributed by atoms with Crippen LogP contribution in [-0.2, 0) is 9.59 Å². The Labute approximate surface area is 124 Å². The number of amides is 1. The lowest BCUT2D eigenvalue weighted by Crippen LogP contribution is -2.17. The van der Waals surface area contributed by atoms with E-state index in [0.29, 0.717) is 18.5 Å². The van der Waals surface area contributed by atoms with Gasteiger partial charge in [-0.3, -0.25) is 9.59 Å². The van der Waals surface area contributed by atoms with E-state index in [-0.39, 0.29) is 5.91 Å². The molecule has 1 aromatic rings. The fraction of sp³-hybridized carbons (Fsp3) is 0.467. The Balaban J connectivity index is 2.83. The fourth-order valence-electron chi connectivity index (χ4n) is 1.76. The molecule has 5 heteroatoms. The molecule has 0 unspecified atom stereocenters. The third-order valence-electron chi connectivity index (χ3n) is 2.73. The van der Waals surface area contributed by atoms with Gasteiger partial charge in [-0.25, -0.2) is 0 Å². The van der Waals surface area contributed by atoms with Crippen molar-refractivity contribution in [1.82, 2.24) is 0 Å². The maximum Gasteiger partial charge on any atom is 0.316 e. The molecule has 20 heavy (non-hydrogen) atoms. The normalized spacial score (nSPS) is 11.9. The molecule has 1 atom stereocenters. The maximum absolute atomic E-state index is 11.7. The summed E-state index contributed by atoms with van der Waals surface area (Å²) in [4.78, 5) is 23.7. The molecule has 0 aliphatic rings. The highest BCUT2D eigenvalue weighted by Gasteiger charge is 2.19. The van der Waals surface area contributed by atoms with Gasteiger partial charge in [0, 0.05) is 11.3 Å². The van der Waals surface area contributed by atoms with E-state index in [1.165, 1.54) is 11.8 Å². The van der Waals surface area contributed by atoms with E-state index in [1.54, 1.807) is 6.07 Å². The van der Waals surface area contributed by atoms with Gasteiger partial charge in [0.15, 0.2) is 0 Å². The quantitative estimate of drug-likeness (QED) is 0.716. The van der Waals surface area contributed by atoms with E-state index in [9.17, 15) is 14.7 Å². The van der Waals surface area contributed by atoms with Crippen LogP contribution in [-0.4, -0.2) is 22.2 Å². The summed E-state index contributed by atoms with van der Waals surface area (Å²) in [5, 5.41) is 11.6. The first-order valence-electron chi connectivity index (χ1n) is 6.86. The van der Waals surface area contributed by atoms with E-state index in [2.05, 4.69) is 5.32 Å². The number of thioether (sulfide) groups is 1. The summed E-state index contributed by atoms with van der Waals surface area (Å²) in [5.74, 6) is -0.852. The van der Waals surface area contributed by atoms with Crippen LogP contribution in [0.25, 0.3) is 0 Å². The van der Waals surface area contributed by atoms with E-state index in [0.717, 1.165) is 17.7 Å². The largest absolute Gasteiger partial charge is 0.480 e. The molecule has 0 fully saturated rings. The molecule has 0 spiro atoms. The Morgan fingerprint density at radius 3 is 2.55 bits per heavy atom. The van der Waals surface area contributed by atoms with Crippen molar-refractivity contribution < 1.29 is 14.7 Å². The van der Waals surface area contributed by atoms with Gasteiger partial charge >= 0.3 is 5.97 Å². The van der Waals surface area contributed by atoms with Crippen LogP contribution in [0.15, 0.2) is 29.2 Å². The summed E-state index contributed by atoms with van der Waals surface area (Å²) in [5.41, 5.74) is 0.693. The number of hydrogen-bond acceptors (Lipinski definition) is 3. The highest BCUT2D eigenvalue weighted by Crippen LogP contribution is 2.32. The first-order chi connectivity index (χ1) is 9.58. The Morgan fingerprint density at radius 1 is 1.25 bits per heavy atom. The number of carbonyl (C=O) groups excluding carboxylic acids is 1. The number of carboxylic acids is 1. The highest BCUT2D eigenvalue weighted by molar-refractivity contribution is 8.00.